The fourth-order valence-corrected chi connectivity index (χ4v) is 4.23. The van der Waals surface area contributed by atoms with Gasteiger partial charge in [0.2, 0.25) is 0 Å². The predicted octanol–water partition coefficient (Wildman–Crippen LogP) is 5.25. The van der Waals surface area contributed by atoms with Crippen LogP contribution in [0.25, 0.3) is 11.3 Å². The summed E-state index contributed by atoms with van der Waals surface area (Å²) in [5.74, 6) is 1.59. The first kappa shape index (κ1) is 21.0. The molecule has 0 saturated heterocycles. The molecule has 3 aromatic rings. The lowest BCUT2D eigenvalue weighted by molar-refractivity contribution is 0.410. The summed E-state index contributed by atoms with van der Waals surface area (Å²) >= 11 is 9.90. The van der Waals surface area contributed by atoms with Crippen molar-refractivity contribution in [3.63, 3.8) is 0 Å². The van der Waals surface area contributed by atoms with Gasteiger partial charge in [-0.3, -0.25) is 4.98 Å². The Hall–Kier alpha value is -2.22. The normalized spacial score (nSPS) is 18.8. The Bertz CT molecular complexity index is 1010. The minimum Gasteiger partial charge on any atom is -0.367 e. The van der Waals surface area contributed by atoms with E-state index < -0.39 is 0 Å². The highest BCUT2D eigenvalue weighted by molar-refractivity contribution is 9.10. The molecule has 0 atom stereocenters. The summed E-state index contributed by atoms with van der Waals surface area (Å²) in [5, 5.41) is 7.45. The second-order valence-electron chi connectivity index (χ2n) is 7.58. The molecule has 8 heteroatoms. The monoisotopic (exact) mass is 486 g/mol. The lowest BCUT2D eigenvalue weighted by Gasteiger charge is -2.27. The number of hydrogen-bond acceptors (Lipinski definition) is 6. The molecule has 1 aliphatic rings. The molecule has 156 valence electrons. The van der Waals surface area contributed by atoms with E-state index in [0.717, 1.165) is 58.6 Å². The molecule has 4 rings (SSSR count). The number of pyridine rings is 3. The van der Waals surface area contributed by atoms with Gasteiger partial charge in [-0.1, -0.05) is 17.7 Å². The molecule has 0 bridgehead atoms. The Balaban J connectivity index is 1.48. The first-order chi connectivity index (χ1) is 14.6. The van der Waals surface area contributed by atoms with Crippen molar-refractivity contribution in [2.24, 2.45) is 5.73 Å². The van der Waals surface area contributed by atoms with Gasteiger partial charge >= 0.3 is 0 Å². The number of aromatic nitrogens is 3. The zero-order chi connectivity index (χ0) is 20.9. The zero-order valence-electron chi connectivity index (χ0n) is 16.5. The SMILES string of the molecule is N[C@H]1CC[C@H](Nc2cc(-c3cccc(NCc4cncc(Br)c4)n3)c(Cl)cn2)CC1. The van der Waals surface area contributed by atoms with Crippen LogP contribution in [0.15, 0.2) is 53.4 Å². The number of nitrogens with one attached hydrogen (secondary N) is 2. The smallest absolute Gasteiger partial charge is 0.126 e. The van der Waals surface area contributed by atoms with Crippen molar-refractivity contribution in [3.05, 3.63) is 64.0 Å². The van der Waals surface area contributed by atoms with Crippen molar-refractivity contribution in [2.45, 2.75) is 44.3 Å². The molecule has 6 nitrogen and oxygen atoms in total. The predicted molar refractivity (Wildman–Crippen MR) is 126 cm³/mol. The summed E-state index contributed by atoms with van der Waals surface area (Å²) in [6.07, 6.45) is 9.48. The molecule has 0 radical (unpaired) electrons. The third-order valence-electron chi connectivity index (χ3n) is 5.24. The Morgan fingerprint density at radius 2 is 1.90 bits per heavy atom. The molecule has 0 aromatic carbocycles. The van der Waals surface area contributed by atoms with Gasteiger partial charge in [0.05, 0.1) is 10.7 Å². The van der Waals surface area contributed by atoms with E-state index in [1.54, 1.807) is 12.4 Å². The van der Waals surface area contributed by atoms with Crippen LogP contribution in [0, 0.1) is 0 Å². The van der Waals surface area contributed by atoms with Crippen LogP contribution < -0.4 is 16.4 Å². The van der Waals surface area contributed by atoms with Gasteiger partial charge in [0, 0.05) is 47.3 Å². The summed E-state index contributed by atoms with van der Waals surface area (Å²) in [7, 11) is 0. The summed E-state index contributed by atoms with van der Waals surface area (Å²) < 4.78 is 0.951. The Morgan fingerprint density at radius 3 is 2.70 bits per heavy atom. The molecule has 3 heterocycles. The van der Waals surface area contributed by atoms with Crippen LogP contribution in [0.2, 0.25) is 5.02 Å². The first-order valence-corrected chi connectivity index (χ1v) is 11.2. The van der Waals surface area contributed by atoms with E-state index >= 15 is 0 Å². The third kappa shape index (κ3) is 5.47. The largest absolute Gasteiger partial charge is 0.367 e. The van der Waals surface area contributed by atoms with Crippen LogP contribution in [-0.2, 0) is 6.54 Å². The van der Waals surface area contributed by atoms with Gasteiger partial charge in [-0.05, 0) is 71.4 Å². The van der Waals surface area contributed by atoms with Gasteiger partial charge in [0.15, 0.2) is 0 Å². The first-order valence-electron chi connectivity index (χ1n) is 10.1. The highest BCUT2D eigenvalue weighted by atomic mass is 79.9. The average Bonchev–Trinajstić information content (AvgIpc) is 2.75. The van der Waals surface area contributed by atoms with E-state index in [4.69, 9.17) is 22.3 Å². The number of nitrogens with zero attached hydrogens (tertiary/aromatic N) is 3. The lowest BCUT2D eigenvalue weighted by Crippen LogP contribution is -2.33. The van der Waals surface area contributed by atoms with Crippen molar-refractivity contribution in [1.29, 1.82) is 0 Å². The molecule has 0 aliphatic heterocycles. The van der Waals surface area contributed by atoms with Crippen LogP contribution in [0.5, 0.6) is 0 Å². The highest BCUT2D eigenvalue weighted by Gasteiger charge is 2.19. The molecule has 0 spiro atoms. The van der Waals surface area contributed by atoms with Crippen LogP contribution in [-0.4, -0.2) is 27.0 Å². The Morgan fingerprint density at radius 1 is 1.07 bits per heavy atom. The fourth-order valence-electron chi connectivity index (χ4n) is 3.61. The van der Waals surface area contributed by atoms with Crippen LogP contribution >= 0.6 is 27.5 Å². The van der Waals surface area contributed by atoms with E-state index in [0.29, 0.717) is 23.7 Å². The van der Waals surface area contributed by atoms with Gasteiger partial charge in [-0.2, -0.15) is 0 Å². The summed E-state index contributed by atoms with van der Waals surface area (Å²) in [4.78, 5) is 13.4. The van der Waals surface area contributed by atoms with E-state index in [1.165, 1.54) is 0 Å². The molecular formula is C22H24BrClN6. The fraction of sp³-hybridized carbons (Fsp3) is 0.318. The van der Waals surface area contributed by atoms with Crippen molar-refractivity contribution < 1.29 is 0 Å². The Labute approximate surface area is 189 Å². The van der Waals surface area contributed by atoms with Crippen LogP contribution in [0.3, 0.4) is 0 Å². The molecule has 3 aromatic heterocycles. The molecule has 1 saturated carbocycles. The van der Waals surface area contributed by atoms with Gasteiger partial charge in [-0.25, -0.2) is 9.97 Å². The van der Waals surface area contributed by atoms with Crippen molar-refractivity contribution in [1.82, 2.24) is 15.0 Å². The van der Waals surface area contributed by atoms with E-state index in [1.807, 2.05) is 36.5 Å². The third-order valence-corrected chi connectivity index (χ3v) is 5.97. The van der Waals surface area contributed by atoms with Crippen molar-refractivity contribution in [2.75, 3.05) is 10.6 Å². The summed E-state index contributed by atoms with van der Waals surface area (Å²) in [5.41, 5.74) is 8.74. The van der Waals surface area contributed by atoms with Crippen LogP contribution in [0.1, 0.15) is 31.2 Å². The molecule has 0 unspecified atom stereocenters. The van der Waals surface area contributed by atoms with E-state index in [9.17, 15) is 0 Å². The van der Waals surface area contributed by atoms with Crippen LogP contribution in [0.4, 0.5) is 11.6 Å². The number of hydrogen-bond donors (Lipinski definition) is 3. The maximum Gasteiger partial charge on any atom is 0.126 e. The molecule has 0 amide bonds. The van der Waals surface area contributed by atoms with E-state index in [-0.39, 0.29) is 0 Å². The van der Waals surface area contributed by atoms with Crippen molar-refractivity contribution >= 4 is 39.2 Å². The van der Waals surface area contributed by atoms with E-state index in [2.05, 4.69) is 36.5 Å². The number of anilines is 2. The minimum atomic E-state index is 0.323. The molecular weight excluding hydrogens is 464 g/mol. The zero-order valence-corrected chi connectivity index (χ0v) is 18.8. The quantitative estimate of drug-likeness (QED) is 0.440. The molecule has 4 N–H and O–H groups in total. The van der Waals surface area contributed by atoms with Gasteiger partial charge in [-0.15, -0.1) is 0 Å². The maximum absolute atomic E-state index is 6.45. The minimum absolute atomic E-state index is 0.323. The Kier molecular flexibility index (Phi) is 6.82. The lowest BCUT2D eigenvalue weighted by atomic mass is 9.92. The standard InChI is InChI=1S/C22H24BrClN6/c23-15-8-14(10-26-12-15)11-27-21-3-1-2-20(30-21)18-9-22(28-13-19(18)24)29-17-6-4-16(25)5-7-17/h1-3,8-10,12-13,16-17H,4-7,11,25H2,(H,27,30)(H,28,29)/t16-,17-. The van der Waals surface area contributed by atoms with Gasteiger partial charge in [0.1, 0.15) is 11.6 Å². The van der Waals surface area contributed by atoms with Crippen molar-refractivity contribution in [3.8, 4) is 11.3 Å². The van der Waals surface area contributed by atoms with Gasteiger partial charge < -0.3 is 16.4 Å². The summed E-state index contributed by atoms with van der Waals surface area (Å²) in [6, 6.07) is 10.6. The topological polar surface area (TPSA) is 88.8 Å². The second-order valence-corrected chi connectivity index (χ2v) is 8.90. The molecule has 30 heavy (non-hydrogen) atoms. The number of halogens is 2. The molecule has 1 aliphatic carbocycles. The maximum atomic E-state index is 6.45. The number of nitrogens with two attached hydrogens (primary N) is 1. The average molecular weight is 488 g/mol. The molecule has 1 fully saturated rings. The summed E-state index contributed by atoms with van der Waals surface area (Å²) in [6.45, 7) is 0.629. The second kappa shape index (κ2) is 9.73. The highest BCUT2D eigenvalue weighted by Crippen LogP contribution is 2.30. The number of rotatable bonds is 6. The van der Waals surface area contributed by atoms with Gasteiger partial charge in [0.25, 0.3) is 0 Å².